The minimum absolute atomic E-state index is 0.609. The van der Waals surface area contributed by atoms with E-state index in [1.54, 1.807) is 0 Å². The van der Waals surface area contributed by atoms with Crippen LogP contribution in [0.25, 0.3) is 0 Å². The van der Waals surface area contributed by atoms with Gasteiger partial charge in [0.25, 0.3) is 0 Å². The number of nitrogens with zero attached hydrogens (tertiary/aromatic N) is 2. The van der Waals surface area contributed by atoms with Gasteiger partial charge in [-0.05, 0) is 58.2 Å². The van der Waals surface area contributed by atoms with E-state index in [0.29, 0.717) is 12.6 Å². The SMILES string of the molecule is CCNC(=NCc1ccccc1OCC1CC1)NCC1CCCN1C. The molecule has 25 heavy (non-hydrogen) atoms. The molecule has 2 aliphatic rings. The molecule has 1 heterocycles. The highest BCUT2D eigenvalue weighted by Gasteiger charge is 2.22. The zero-order chi connectivity index (χ0) is 17.5. The van der Waals surface area contributed by atoms with E-state index in [9.17, 15) is 0 Å². The summed E-state index contributed by atoms with van der Waals surface area (Å²) in [4.78, 5) is 7.20. The molecule has 0 bridgehead atoms. The lowest BCUT2D eigenvalue weighted by molar-refractivity contribution is 0.297. The van der Waals surface area contributed by atoms with Crippen LogP contribution in [-0.2, 0) is 6.54 Å². The first kappa shape index (κ1) is 18.1. The number of para-hydroxylation sites is 1. The molecule has 1 saturated carbocycles. The lowest BCUT2D eigenvalue weighted by Gasteiger charge is -2.21. The number of benzene rings is 1. The highest BCUT2D eigenvalue weighted by atomic mass is 16.5. The van der Waals surface area contributed by atoms with Crippen LogP contribution in [0.5, 0.6) is 5.75 Å². The monoisotopic (exact) mass is 344 g/mol. The molecule has 0 spiro atoms. The van der Waals surface area contributed by atoms with Gasteiger partial charge in [-0.3, -0.25) is 0 Å². The first-order valence-corrected chi connectivity index (χ1v) is 9.69. The smallest absolute Gasteiger partial charge is 0.191 e. The third kappa shape index (κ3) is 5.63. The summed E-state index contributed by atoms with van der Waals surface area (Å²) in [5, 5.41) is 6.85. The predicted octanol–water partition coefficient (Wildman–Crippen LogP) is 2.62. The summed E-state index contributed by atoms with van der Waals surface area (Å²) in [5.74, 6) is 2.63. The molecule has 2 fully saturated rings. The molecule has 1 saturated heterocycles. The average molecular weight is 345 g/mol. The Hall–Kier alpha value is -1.75. The van der Waals surface area contributed by atoms with Gasteiger partial charge in [-0.2, -0.15) is 0 Å². The summed E-state index contributed by atoms with van der Waals surface area (Å²) in [6, 6.07) is 8.87. The average Bonchev–Trinajstić information content (AvgIpc) is 3.37. The normalized spacial score (nSPS) is 21.4. The van der Waals surface area contributed by atoms with E-state index in [2.05, 4.69) is 47.7 Å². The number of hydrogen-bond donors (Lipinski definition) is 2. The molecule has 1 aromatic rings. The van der Waals surface area contributed by atoms with E-state index in [-0.39, 0.29) is 0 Å². The van der Waals surface area contributed by atoms with Crippen LogP contribution in [0.2, 0.25) is 0 Å². The number of aliphatic imine (C=N–C) groups is 1. The van der Waals surface area contributed by atoms with Crippen molar-refractivity contribution in [1.29, 1.82) is 0 Å². The largest absolute Gasteiger partial charge is 0.493 e. The predicted molar refractivity (Wildman–Crippen MR) is 103 cm³/mol. The van der Waals surface area contributed by atoms with E-state index in [0.717, 1.165) is 42.9 Å². The van der Waals surface area contributed by atoms with Crippen molar-refractivity contribution in [3.05, 3.63) is 29.8 Å². The Morgan fingerprint density at radius 2 is 2.08 bits per heavy atom. The Morgan fingerprint density at radius 3 is 2.80 bits per heavy atom. The van der Waals surface area contributed by atoms with E-state index in [1.165, 1.54) is 32.2 Å². The molecule has 1 atom stereocenters. The van der Waals surface area contributed by atoms with Crippen LogP contribution in [0.4, 0.5) is 0 Å². The van der Waals surface area contributed by atoms with Gasteiger partial charge in [-0.1, -0.05) is 18.2 Å². The molecule has 2 N–H and O–H groups in total. The van der Waals surface area contributed by atoms with Crippen molar-refractivity contribution < 1.29 is 4.74 Å². The molecule has 5 heteroatoms. The number of likely N-dealkylation sites (N-methyl/N-ethyl adjacent to an activating group) is 1. The van der Waals surface area contributed by atoms with Crippen molar-refractivity contribution in [3.63, 3.8) is 0 Å². The molecule has 0 aromatic heterocycles. The Labute approximate surface area is 151 Å². The van der Waals surface area contributed by atoms with Crippen LogP contribution in [0.3, 0.4) is 0 Å². The summed E-state index contributed by atoms with van der Waals surface area (Å²) in [5.41, 5.74) is 1.15. The lowest BCUT2D eigenvalue weighted by Crippen LogP contribution is -2.44. The topological polar surface area (TPSA) is 48.9 Å². The van der Waals surface area contributed by atoms with Crippen molar-refractivity contribution in [3.8, 4) is 5.75 Å². The van der Waals surface area contributed by atoms with Crippen LogP contribution < -0.4 is 15.4 Å². The Kier molecular flexibility index (Phi) is 6.56. The van der Waals surface area contributed by atoms with Gasteiger partial charge in [0, 0.05) is 24.7 Å². The molecular formula is C20H32N4O. The van der Waals surface area contributed by atoms with Gasteiger partial charge in [0.05, 0.1) is 13.2 Å². The van der Waals surface area contributed by atoms with Gasteiger partial charge in [0.1, 0.15) is 5.75 Å². The second-order valence-electron chi connectivity index (χ2n) is 7.21. The molecule has 0 amide bonds. The molecule has 138 valence electrons. The van der Waals surface area contributed by atoms with Crippen LogP contribution in [0.15, 0.2) is 29.3 Å². The van der Waals surface area contributed by atoms with Crippen molar-refractivity contribution in [2.45, 2.75) is 45.2 Å². The molecule has 1 unspecified atom stereocenters. The second-order valence-corrected chi connectivity index (χ2v) is 7.21. The van der Waals surface area contributed by atoms with Crippen molar-refractivity contribution in [1.82, 2.24) is 15.5 Å². The molecular weight excluding hydrogens is 312 g/mol. The maximum absolute atomic E-state index is 5.99. The summed E-state index contributed by atoms with van der Waals surface area (Å²) in [6.07, 6.45) is 5.18. The van der Waals surface area contributed by atoms with E-state index >= 15 is 0 Å². The first-order valence-electron chi connectivity index (χ1n) is 9.69. The van der Waals surface area contributed by atoms with Crippen molar-refractivity contribution in [2.75, 3.05) is 33.3 Å². The minimum atomic E-state index is 0.609. The Morgan fingerprint density at radius 1 is 1.24 bits per heavy atom. The molecule has 1 aliphatic carbocycles. The Bertz CT molecular complexity index is 571. The zero-order valence-corrected chi connectivity index (χ0v) is 15.6. The van der Waals surface area contributed by atoms with Gasteiger partial charge in [-0.25, -0.2) is 4.99 Å². The number of likely N-dealkylation sites (tertiary alicyclic amines) is 1. The molecule has 3 rings (SSSR count). The summed E-state index contributed by atoms with van der Waals surface area (Å²) in [6.45, 7) is 6.59. The fourth-order valence-corrected chi connectivity index (χ4v) is 3.23. The Balaban J connectivity index is 1.56. The third-order valence-corrected chi connectivity index (χ3v) is 5.07. The minimum Gasteiger partial charge on any atom is -0.493 e. The number of nitrogens with one attached hydrogen (secondary N) is 2. The standard InChI is InChI=1S/C20H32N4O/c1-3-21-20(23-14-18-8-6-12-24(18)2)22-13-17-7-4-5-9-19(17)25-15-16-10-11-16/h4-5,7,9,16,18H,3,6,8,10-15H2,1-2H3,(H2,21,22,23). The van der Waals surface area contributed by atoms with Gasteiger partial charge >= 0.3 is 0 Å². The molecule has 1 aromatic carbocycles. The van der Waals surface area contributed by atoms with Gasteiger partial charge in [0.15, 0.2) is 5.96 Å². The fraction of sp³-hybridized carbons (Fsp3) is 0.650. The summed E-state index contributed by atoms with van der Waals surface area (Å²) in [7, 11) is 2.21. The maximum Gasteiger partial charge on any atom is 0.191 e. The van der Waals surface area contributed by atoms with Crippen LogP contribution in [-0.4, -0.2) is 50.2 Å². The second kappa shape index (κ2) is 9.09. The zero-order valence-electron chi connectivity index (χ0n) is 15.6. The highest BCUT2D eigenvalue weighted by Crippen LogP contribution is 2.30. The maximum atomic E-state index is 5.99. The van der Waals surface area contributed by atoms with E-state index in [1.807, 2.05) is 6.07 Å². The number of hydrogen-bond acceptors (Lipinski definition) is 3. The fourth-order valence-electron chi connectivity index (χ4n) is 3.23. The number of rotatable bonds is 8. The molecule has 0 radical (unpaired) electrons. The van der Waals surface area contributed by atoms with Crippen LogP contribution in [0.1, 0.15) is 38.2 Å². The number of guanidine groups is 1. The van der Waals surface area contributed by atoms with Gasteiger partial charge in [0.2, 0.25) is 0 Å². The summed E-state index contributed by atoms with van der Waals surface area (Å²) < 4.78 is 5.99. The van der Waals surface area contributed by atoms with E-state index < -0.39 is 0 Å². The van der Waals surface area contributed by atoms with Crippen LogP contribution >= 0.6 is 0 Å². The third-order valence-electron chi connectivity index (χ3n) is 5.07. The lowest BCUT2D eigenvalue weighted by atomic mass is 10.2. The summed E-state index contributed by atoms with van der Waals surface area (Å²) >= 11 is 0. The van der Waals surface area contributed by atoms with E-state index in [4.69, 9.17) is 9.73 Å². The van der Waals surface area contributed by atoms with Crippen molar-refractivity contribution >= 4 is 5.96 Å². The first-order chi connectivity index (χ1) is 12.3. The van der Waals surface area contributed by atoms with Gasteiger partial charge < -0.3 is 20.3 Å². The number of ether oxygens (including phenoxy) is 1. The van der Waals surface area contributed by atoms with Gasteiger partial charge in [-0.15, -0.1) is 0 Å². The van der Waals surface area contributed by atoms with Crippen molar-refractivity contribution in [2.24, 2.45) is 10.9 Å². The quantitative estimate of drug-likeness (QED) is 0.562. The molecule has 5 nitrogen and oxygen atoms in total. The van der Waals surface area contributed by atoms with Crippen LogP contribution in [0, 0.1) is 5.92 Å². The molecule has 1 aliphatic heterocycles. The highest BCUT2D eigenvalue weighted by molar-refractivity contribution is 5.79.